The topological polar surface area (TPSA) is 67.0 Å². The molecular weight excluding hydrogens is 422 g/mol. The van der Waals surface area contributed by atoms with Crippen molar-refractivity contribution in [2.45, 2.75) is 44.4 Å². The number of aromatic nitrogens is 2. The van der Waals surface area contributed by atoms with E-state index >= 15 is 0 Å². The minimum atomic E-state index is -0.123. The number of nitrogens with zero attached hydrogens (tertiary/aromatic N) is 1. The summed E-state index contributed by atoms with van der Waals surface area (Å²) in [6.45, 7) is 0.985. The molecule has 3 aromatic rings. The molecule has 0 unspecified atom stereocenters. The van der Waals surface area contributed by atoms with Gasteiger partial charge in [-0.1, -0.05) is 73.0 Å². The Morgan fingerprint density at radius 2 is 1.88 bits per heavy atom. The van der Waals surface area contributed by atoms with Crippen LogP contribution in [0.25, 0.3) is 0 Å². The van der Waals surface area contributed by atoms with Crippen molar-refractivity contribution < 1.29 is 9.53 Å². The summed E-state index contributed by atoms with van der Waals surface area (Å²) in [6, 6.07) is 20.0. The van der Waals surface area contributed by atoms with Gasteiger partial charge in [-0.05, 0) is 43.4 Å². The molecule has 0 spiro atoms. The molecule has 1 aliphatic rings. The first-order valence-electron chi connectivity index (χ1n) is 11.3. The monoisotopic (exact) mass is 453 g/mol. The fraction of sp³-hybridized carbons (Fsp3) is 0.385. The van der Waals surface area contributed by atoms with Crippen LogP contribution in [0.2, 0.25) is 5.02 Å². The molecule has 1 atom stereocenters. The molecular formula is C26H32ClN3O2. The van der Waals surface area contributed by atoms with E-state index in [0.29, 0.717) is 24.8 Å². The predicted molar refractivity (Wildman–Crippen MR) is 129 cm³/mol. The van der Waals surface area contributed by atoms with Crippen molar-refractivity contribution in [1.29, 1.82) is 0 Å². The lowest BCUT2D eigenvalue weighted by Crippen LogP contribution is -2.28. The number of hydrogen-bond acceptors (Lipinski definition) is 3. The fourth-order valence-corrected chi connectivity index (χ4v) is 4.27. The molecule has 1 aromatic heterocycles. The lowest BCUT2D eigenvalue weighted by atomic mass is 9.85. The molecule has 0 aliphatic heterocycles. The highest BCUT2D eigenvalue weighted by Gasteiger charge is 2.26. The number of halogens is 1. The van der Waals surface area contributed by atoms with Crippen molar-refractivity contribution in [2.75, 3.05) is 20.3 Å². The second-order valence-electron chi connectivity index (χ2n) is 8.00. The largest absolute Gasteiger partial charge is 0.383 e. The quantitative estimate of drug-likeness (QED) is 0.479. The highest BCUT2D eigenvalue weighted by atomic mass is 35.5. The number of H-pyrrole nitrogens is 1. The number of amides is 1. The van der Waals surface area contributed by atoms with Gasteiger partial charge in [-0.15, -0.1) is 0 Å². The molecule has 5 nitrogen and oxygen atoms in total. The summed E-state index contributed by atoms with van der Waals surface area (Å²) in [5.74, 6) is 0.207. The van der Waals surface area contributed by atoms with Gasteiger partial charge in [0.2, 0.25) is 0 Å². The molecule has 2 aromatic carbocycles. The molecule has 170 valence electrons. The number of carbonyl (C=O) groups is 1. The molecule has 0 radical (unpaired) electrons. The van der Waals surface area contributed by atoms with Crippen LogP contribution in [0.4, 0.5) is 0 Å². The number of carbonyl (C=O) groups excluding carboxylic acids is 1. The summed E-state index contributed by atoms with van der Waals surface area (Å²) in [5, 5.41) is 11.2. The van der Waals surface area contributed by atoms with Crippen molar-refractivity contribution in [1.82, 2.24) is 15.5 Å². The van der Waals surface area contributed by atoms with Gasteiger partial charge < -0.3 is 10.1 Å². The van der Waals surface area contributed by atoms with Gasteiger partial charge in [0.15, 0.2) is 5.69 Å². The fourth-order valence-electron chi connectivity index (χ4n) is 4.06. The Kier molecular flexibility index (Phi) is 9.79. The van der Waals surface area contributed by atoms with Crippen molar-refractivity contribution in [3.05, 3.63) is 88.2 Å². The lowest BCUT2D eigenvalue weighted by Gasteiger charge is -2.20. The van der Waals surface area contributed by atoms with Crippen LogP contribution < -0.4 is 5.32 Å². The highest BCUT2D eigenvalue weighted by Crippen LogP contribution is 2.33. The number of nitrogens with one attached hydrogen (secondary N) is 2. The van der Waals surface area contributed by atoms with Gasteiger partial charge in [0.25, 0.3) is 5.91 Å². The number of benzene rings is 2. The average molecular weight is 454 g/mol. The Hall–Kier alpha value is -2.63. The maximum atomic E-state index is 12.5. The van der Waals surface area contributed by atoms with E-state index in [4.69, 9.17) is 16.3 Å². The Morgan fingerprint density at radius 1 is 1.12 bits per heavy atom. The second-order valence-corrected chi connectivity index (χ2v) is 8.43. The Labute approximate surface area is 195 Å². The molecule has 0 bridgehead atoms. The van der Waals surface area contributed by atoms with Gasteiger partial charge in [-0.25, -0.2) is 0 Å². The lowest BCUT2D eigenvalue weighted by molar-refractivity contribution is 0.0931. The zero-order valence-corrected chi connectivity index (χ0v) is 19.4. The van der Waals surface area contributed by atoms with Crippen LogP contribution in [-0.2, 0) is 17.6 Å². The van der Waals surface area contributed by atoms with Crippen LogP contribution >= 0.6 is 11.6 Å². The minimum Gasteiger partial charge on any atom is -0.383 e. The Morgan fingerprint density at radius 3 is 2.56 bits per heavy atom. The first-order valence-corrected chi connectivity index (χ1v) is 11.7. The van der Waals surface area contributed by atoms with Crippen LogP contribution in [0.15, 0.2) is 60.7 Å². The van der Waals surface area contributed by atoms with Gasteiger partial charge in [0, 0.05) is 35.9 Å². The number of hydrogen-bond donors (Lipinski definition) is 2. The summed E-state index contributed by atoms with van der Waals surface area (Å²) in [7, 11) is 1.62. The van der Waals surface area contributed by atoms with Gasteiger partial charge >= 0.3 is 0 Å². The molecule has 1 aliphatic carbocycles. The third kappa shape index (κ3) is 7.21. The number of ether oxygens (including phenoxy) is 1. The van der Waals surface area contributed by atoms with Crippen LogP contribution in [0, 0.1) is 0 Å². The van der Waals surface area contributed by atoms with Crippen LogP contribution in [0.5, 0.6) is 0 Å². The molecule has 4 rings (SSSR count). The van der Waals surface area contributed by atoms with Gasteiger partial charge in [-0.3, -0.25) is 9.89 Å². The zero-order chi connectivity index (χ0) is 22.6. The third-order valence-corrected chi connectivity index (χ3v) is 5.87. The molecule has 0 fully saturated rings. The molecule has 1 amide bonds. The SMILES string of the molecule is COCCNC(=O)c1n[nH]c2c1CCCCC[C@@H]2Cc1cccc(Cl)c1.c1ccccc1. The van der Waals surface area contributed by atoms with E-state index in [9.17, 15) is 4.79 Å². The van der Waals surface area contributed by atoms with E-state index in [0.717, 1.165) is 42.0 Å². The summed E-state index contributed by atoms with van der Waals surface area (Å²) >= 11 is 6.14. The van der Waals surface area contributed by atoms with Crippen molar-refractivity contribution in [3.63, 3.8) is 0 Å². The van der Waals surface area contributed by atoms with Gasteiger partial charge in [-0.2, -0.15) is 5.10 Å². The number of methoxy groups -OCH3 is 1. The minimum absolute atomic E-state index is 0.123. The van der Waals surface area contributed by atoms with Crippen molar-refractivity contribution >= 4 is 17.5 Å². The maximum Gasteiger partial charge on any atom is 0.272 e. The van der Waals surface area contributed by atoms with Crippen molar-refractivity contribution in [3.8, 4) is 0 Å². The molecule has 32 heavy (non-hydrogen) atoms. The molecule has 2 N–H and O–H groups in total. The van der Waals surface area contributed by atoms with Crippen LogP contribution in [-0.4, -0.2) is 36.4 Å². The van der Waals surface area contributed by atoms with E-state index in [1.54, 1.807) is 7.11 Å². The van der Waals surface area contributed by atoms with Crippen LogP contribution in [0.3, 0.4) is 0 Å². The molecule has 0 saturated heterocycles. The summed E-state index contributed by atoms with van der Waals surface area (Å²) < 4.78 is 5.00. The standard InChI is InChI=1S/C20H26ClN3O2.C6H6/c1-26-11-10-22-20(25)19-17-9-4-2-3-7-15(18(17)23-24-19)12-14-6-5-8-16(21)13-14;1-2-4-6-5-3-1/h5-6,8,13,15H,2-4,7,9-12H2,1H3,(H,22,25)(H,23,24);1-6H/t15-;/m1./s1. The average Bonchev–Trinajstić information content (AvgIpc) is 3.21. The summed E-state index contributed by atoms with van der Waals surface area (Å²) in [4.78, 5) is 12.5. The Bertz CT molecular complexity index is 932. The van der Waals surface area contributed by atoms with E-state index < -0.39 is 0 Å². The normalized spacial score (nSPS) is 15.5. The number of rotatable bonds is 6. The summed E-state index contributed by atoms with van der Waals surface area (Å²) in [5.41, 5.74) is 3.94. The first kappa shape index (κ1) is 24.0. The number of aromatic amines is 1. The third-order valence-electron chi connectivity index (χ3n) is 5.63. The van der Waals surface area contributed by atoms with Crippen molar-refractivity contribution in [2.24, 2.45) is 0 Å². The molecule has 1 heterocycles. The highest BCUT2D eigenvalue weighted by molar-refractivity contribution is 6.30. The van der Waals surface area contributed by atoms with Crippen LogP contribution in [0.1, 0.15) is 58.9 Å². The van der Waals surface area contributed by atoms with E-state index in [1.807, 2.05) is 54.6 Å². The zero-order valence-electron chi connectivity index (χ0n) is 18.6. The smallest absolute Gasteiger partial charge is 0.272 e. The molecule has 6 heteroatoms. The van der Waals surface area contributed by atoms with E-state index in [1.165, 1.54) is 18.4 Å². The van der Waals surface area contributed by atoms with Gasteiger partial charge in [0.1, 0.15) is 0 Å². The predicted octanol–water partition coefficient (Wildman–Crippen LogP) is 5.57. The van der Waals surface area contributed by atoms with E-state index in [2.05, 4.69) is 21.6 Å². The first-order chi connectivity index (χ1) is 15.7. The molecule has 0 saturated carbocycles. The maximum absolute atomic E-state index is 12.5. The number of fused-ring (bicyclic) bond motifs is 1. The second kappa shape index (κ2) is 13.0. The Balaban J connectivity index is 0.000000416. The van der Waals surface area contributed by atoms with E-state index in [-0.39, 0.29) is 5.91 Å². The van der Waals surface area contributed by atoms with Gasteiger partial charge in [0.05, 0.1) is 6.61 Å². The summed E-state index contributed by atoms with van der Waals surface area (Å²) in [6.07, 6.45) is 6.35.